The monoisotopic (exact) mass is 395 g/mol. The third-order valence-corrected chi connectivity index (χ3v) is 6.70. The van der Waals surface area contributed by atoms with Crippen LogP contribution >= 0.6 is 11.3 Å². The molecule has 0 saturated carbocycles. The Hall–Kier alpha value is -2.47. The molecule has 1 aliphatic rings. The summed E-state index contributed by atoms with van der Waals surface area (Å²) in [6.07, 6.45) is 4.59. The Morgan fingerprint density at radius 1 is 1.32 bits per heavy atom. The van der Waals surface area contributed by atoms with Crippen LogP contribution in [0.5, 0.6) is 0 Å². The number of hydrogen-bond acceptors (Lipinski definition) is 4. The Kier molecular flexibility index (Phi) is 5.31. The molecule has 1 atom stereocenters. The minimum Gasteiger partial charge on any atom is -0.337 e. The van der Waals surface area contributed by atoms with Crippen molar-refractivity contribution >= 4 is 27.5 Å². The van der Waals surface area contributed by atoms with Crippen LogP contribution in [0.15, 0.2) is 41.5 Å². The molecule has 1 aliphatic carbocycles. The van der Waals surface area contributed by atoms with Crippen LogP contribution in [0.25, 0.3) is 10.2 Å². The maximum Gasteiger partial charge on any atom is 0.262 e. The van der Waals surface area contributed by atoms with E-state index in [2.05, 4.69) is 11.9 Å². The summed E-state index contributed by atoms with van der Waals surface area (Å²) in [6.45, 7) is 5.39. The Labute approximate surface area is 168 Å². The van der Waals surface area contributed by atoms with Crippen molar-refractivity contribution < 1.29 is 4.79 Å². The molecule has 4 rings (SSSR count). The summed E-state index contributed by atoms with van der Waals surface area (Å²) in [7, 11) is 0. The molecule has 0 N–H and O–H groups in total. The molecule has 1 aromatic carbocycles. The van der Waals surface area contributed by atoms with E-state index in [4.69, 9.17) is 0 Å². The summed E-state index contributed by atoms with van der Waals surface area (Å²) in [4.78, 5) is 34.3. The van der Waals surface area contributed by atoms with Crippen molar-refractivity contribution in [3.8, 4) is 0 Å². The van der Waals surface area contributed by atoms with Crippen molar-refractivity contribution in [2.24, 2.45) is 5.92 Å². The van der Waals surface area contributed by atoms with Gasteiger partial charge in [0.25, 0.3) is 5.56 Å². The van der Waals surface area contributed by atoms with Crippen molar-refractivity contribution in [3.63, 3.8) is 0 Å². The Morgan fingerprint density at radius 3 is 2.86 bits per heavy atom. The molecule has 0 fully saturated rings. The predicted octanol–water partition coefficient (Wildman–Crippen LogP) is 3.63. The van der Waals surface area contributed by atoms with Crippen LogP contribution in [0.1, 0.15) is 36.3 Å². The van der Waals surface area contributed by atoms with Crippen LogP contribution in [-0.4, -0.2) is 26.9 Å². The van der Waals surface area contributed by atoms with Gasteiger partial charge in [-0.3, -0.25) is 14.2 Å². The molecule has 0 saturated heterocycles. The van der Waals surface area contributed by atoms with Crippen LogP contribution < -0.4 is 5.56 Å². The quantitative estimate of drug-likeness (QED) is 0.663. The summed E-state index contributed by atoms with van der Waals surface area (Å²) in [5.41, 5.74) is 2.16. The smallest absolute Gasteiger partial charge is 0.262 e. The van der Waals surface area contributed by atoms with E-state index < -0.39 is 0 Å². The van der Waals surface area contributed by atoms with Crippen LogP contribution in [-0.2, 0) is 30.7 Å². The van der Waals surface area contributed by atoms with Crippen LogP contribution in [0.3, 0.4) is 0 Å². The number of likely N-dealkylation sites (N-methyl/N-ethyl adjacent to an activating group) is 1. The standard InChI is InChI=1S/C22H25N3O2S/c1-3-24(12-16-7-5-4-6-8-16)19(26)13-25-14-23-21-20(22(25)27)17-10-9-15(2)11-18(17)28-21/h4-8,14-15H,3,9-13H2,1-2H3/t15-/m1/s1. The van der Waals surface area contributed by atoms with Crippen molar-refractivity contribution in [1.29, 1.82) is 0 Å². The highest BCUT2D eigenvalue weighted by Crippen LogP contribution is 2.35. The molecule has 0 spiro atoms. The molecule has 0 aliphatic heterocycles. The number of carbonyl (C=O) groups excluding carboxylic acids is 1. The average molecular weight is 396 g/mol. The van der Waals surface area contributed by atoms with E-state index in [1.807, 2.05) is 37.3 Å². The number of aromatic nitrogens is 2. The van der Waals surface area contributed by atoms with Gasteiger partial charge in [-0.25, -0.2) is 4.98 Å². The lowest BCUT2D eigenvalue weighted by molar-refractivity contribution is -0.132. The molecule has 28 heavy (non-hydrogen) atoms. The largest absolute Gasteiger partial charge is 0.337 e. The molecule has 5 nitrogen and oxygen atoms in total. The number of hydrogen-bond donors (Lipinski definition) is 0. The average Bonchev–Trinajstić information content (AvgIpc) is 3.07. The minimum absolute atomic E-state index is 0.0312. The third-order valence-electron chi connectivity index (χ3n) is 5.54. The summed E-state index contributed by atoms with van der Waals surface area (Å²) >= 11 is 1.64. The first-order valence-corrected chi connectivity index (χ1v) is 10.7. The number of thiophene rings is 1. The highest BCUT2D eigenvalue weighted by molar-refractivity contribution is 7.18. The predicted molar refractivity (Wildman–Crippen MR) is 113 cm³/mol. The lowest BCUT2D eigenvalue weighted by Crippen LogP contribution is -2.36. The van der Waals surface area contributed by atoms with Gasteiger partial charge in [-0.1, -0.05) is 37.3 Å². The van der Waals surface area contributed by atoms with Crippen molar-refractivity contribution in [2.45, 2.75) is 46.2 Å². The SMILES string of the molecule is CCN(Cc1ccccc1)C(=O)Cn1cnc2sc3c(c2c1=O)CC[C@@H](C)C3. The molecule has 146 valence electrons. The molecular formula is C22H25N3O2S. The van der Waals surface area contributed by atoms with Gasteiger partial charge in [0.05, 0.1) is 11.7 Å². The molecule has 2 aromatic heterocycles. The molecule has 0 bridgehead atoms. The Balaban J connectivity index is 1.59. The van der Waals surface area contributed by atoms with Crippen LogP contribution in [0.2, 0.25) is 0 Å². The van der Waals surface area contributed by atoms with Crippen molar-refractivity contribution in [2.75, 3.05) is 6.54 Å². The second kappa shape index (κ2) is 7.87. The number of aryl methyl sites for hydroxylation is 1. The summed E-state index contributed by atoms with van der Waals surface area (Å²) in [5.74, 6) is 0.591. The molecule has 3 aromatic rings. The van der Waals surface area contributed by atoms with E-state index in [9.17, 15) is 9.59 Å². The van der Waals surface area contributed by atoms with Crippen molar-refractivity contribution in [1.82, 2.24) is 14.5 Å². The van der Waals surface area contributed by atoms with Gasteiger partial charge in [0.2, 0.25) is 5.91 Å². The summed E-state index contributed by atoms with van der Waals surface area (Å²) in [6, 6.07) is 9.92. The molecule has 6 heteroatoms. The second-order valence-corrected chi connectivity index (χ2v) is 8.69. The minimum atomic E-state index is -0.0823. The van der Waals surface area contributed by atoms with Gasteiger partial charge in [-0.2, -0.15) is 0 Å². The van der Waals surface area contributed by atoms with Crippen molar-refractivity contribution in [3.05, 3.63) is 63.0 Å². The highest BCUT2D eigenvalue weighted by atomic mass is 32.1. The van der Waals surface area contributed by atoms with Gasteiger partial charge in [0.15, 0.2) is 0 Å². The lowest BCUT2D eigenvalue weighted by atomic mass is 9.89. The molecule has 0 unspecified atom stereocenters. The van der Waals surface area contributed by atoms with Gasteiger partial charge in [0, 0.05) is 18.0 Å². The summed E-state index contributed by atoms with van der Waals surface area (Å²) in [5, 5.41) is 0.730. The number of amides is 1. The number of benzene rings is 1. The van der Waals surface area contributed by atoms with E-state index >= 15 is 0 Å². The first-order chi connectivity index (χ1) is 13.6. The molecular weight excluding hydrogens is 370 g/mol. The number of carbonyl (C=O) groups is 1. The van der Waals surface area contributed by atoms with E-state index in [1.165, 1.54) is 15.8 Å². The fourth-order valence-electron chi connectivity index (χ4n) is 3.90. The third kappa shape index (κ3) is 3.61. The van der Waals surface area contributed by atoms with Gasteiger partial charge in [-0.15, -0.1) is 11.3 Å². The van der Waals surface area contributed by atoms with E-state index in [-0.39, 0.29) is 18.0 Å². The molecule has 0 radical (unpaired) electrons. The molecule has 1 amide bonds. The van der Waals surface area contributed by atoms with Gasteiger partial charge >= 0.3 is 0 Å². The lowest BCUT2D eigenvalue weighted by Gasteiger charge is -2.21. The first kappa shape index (κ1) is 18.9. The van der Waals surface area contributed by atoms with Crippen LogP contribution in [0, 0.1) is 5.92 Å². The fourth-order valence-corrected chi connectivity index (χ4v) is 5.25. The van der Waals surface area contributed by atoms with E-state index in [0.29, 0.717) is 19.0 Å². The zero-order valence-electron chi connectivity index (χ0n) is 16.4. The maximum absolute atomic E-state index is 13.1. The van der Waals surface area contributed by atoms with E-state index in [1.54, 1.807) is 16.2 Å². The zero-order valence-corrected chi connectivity index (χ0v) is 17.2. The highest BCUT2D eigenvalue weighted by Gasteiger charge is 2.24. The Bertz CT molecular complexity index is 1050. The fraction of sp³-hybridized carbons (Fsp3) is 0.409. The normalized spacial score (nSPS) is 16.1. The second-order valence-electron chi connectivity index (χ2n) is 7.60. The van der Waals surface area contributed by atoms with E-state index in [0.717, 1.165) is 40.6 Å². The van der Waals surface area contributed by atoms with Gasteiger partial charge in [0.1, 0.15) is 11.4 Å². The number of fused-ring (bicyclic) bond motifs is 3. The first-order valence-electron chi connectivity index (χ1n) is 9.88. The van der Waals surface area contributed by atoms with Gasteiger partial charge in [-0.05, 0) is 43.2 Å². The summed E-state index contributed by atoms with van der Waals surface area (Å²) < 4.78 is 1.48. The van der Waals surface area contributed by atoms with Crippen LogP contribution in [0.4, 0.5) is 0 Å². The maximum atomic E-state index is 13.1. The topological polar surface area (TPSA) is 55.2 Å². The zero-order chi connectivity index (χ0) is 19.7. The number of rotatable bonds is 5. The molecule has 2 heterocycles. The number of nitrogens with zero attached hydrogens (tertiary/aromatic N) is 3. The van der Waals surface area contributed by atoms with Gasteiger partial charge < -0.3 is 4.90 Å². The Morgan fingerprint density at radius 2 is 2.11 bits per heavy atom.